The normalized spacial score (nSPS) is 10.8. The highest BCUT2D eigenvalue weighted by molar-refractivity contribution is 6.35. The van der Waals surface area contributed by atoms with Crippen LogP contribution in [0.15, 0.2) is 77.7 Å². The van der Waals surface area contributed by atoms with Gasteiger partial charge in [0, 0.05) is 17.4 Å². The zero-order valence-corrected chi connectivity index (χ0v) is 14.2. The van der Waals surface area contributed by atoms with E-state index in [2.05, 4.69) is 10.3 Å². The van der Waals surface area contributed by atoms with E-state index in [-0.39, 0.29) is 16.1 Å². The van der Waals surface area contributed by atoms with E-state index in [0.29, 0.717) is 5.82 Å². The monoisotopic (exact) mass is 365 g/mol. The van der Waals surface area contributed by atoms with Crippen LogP contribution in [0.5, 0.6) is 0 Å². The molecule has 2 aromatic carbocycles. The maximum Gasteiger partial charge on any atom is 0.194 e. The van der Waals surface area contributed by atoms with Crippen molar-refractivity contribution in [3.63, 3.8) is 0 Å². The standard InChI is InChI=1S/C20H13ClFN3O/c21-19-15(22)12-23-20-18(19)16(26)11-17(24-13-7-3-1-4-8-13)25(20)14-9-5-2-6-10-14/h1-12,24H. The minimum Gasteiger partial charge on any atom is -0.341 e. The van der Waals surface area contributed by atoms with Gasteiger partial charge in [-0.25, -0.2) is 9.37 Å². The average molecular weight is 366 g/mol. The van der Waals surface area contributed by atoms with Crippen molar-refractivity contribution in [1.29, 1.82) is 0 Å². The minimum absolute atomic E-state index is 0.0501. The maximum absolute atomic E-state index is 13.9. The molecule has 0 atom stereocenters. The van der Waals surface area contributed by atoms with Crippen LogP contribution in [0.1, 0.15) is 0 Å². The van der Waals surface area contributed by atoms with Crippen LogP contribution in [0.25, 0.3) is 16.7 Å². The summed E-state index contributed by atoms with van der Waals surface area (Å²) in [6, 6.07) is 20.2. The second-order valence-electron chi connectivity index (χ2n) is 5.67. The van der Waals surface area contributed by atoms with Crippen LogP contribution in [0.2, 0.25) is 5.02 Å². The van der Waals surface area contributed by atoms with Gasteiger partial charge in [-0.2, -0.15) is 0 Å². The highest BCUT2D eigenvalue weighted by Gasteiger charge is 2.17. The number of benzene rings is 2. The third kappa shape index (κ3) is 2.82. The molecule has 0 aliphatic rings. The van der Waals surface area contributed by atoms with Gasteiger partial charge in [-0.05, 0) is 24.3 Å². The summed E-state index contributed by atoms with van der Waals surface area (Å²) in [6.07, 6.45) is 1.02. The van der Waals surface area contributed by atoms with Gasteiger partial charge in [0.2, 0.25) is 0 Å². The number of para-hydroxylation sites is 2. The predicted octanol–water partition coefficient (Wildman–Crippen LogP) is 4.92. The fourth-order valence-electron chi connectivity index (χ4n) is 2.82. The molecule has 0 bridgehead atoms. The van der Waals surface area contributed by atoms with E-state index in [0.717, 1.165) is 17.6 Å². The molecule has 4 aromatic rings. The molecule has 0 aliphatic carbocycles. The fourth-order valence-corrected chi connectivity index (χ4v) is 3.05. The van der Waals surface area contributed by atoms with Crippen molar-refractivity contribution in [2.45, 2.75) is 0 Å². The molecule has 2 heterocycles. The lowest BCUT2D eigenvalue weighted by Crippen LogP contribution is -2.14. The number of pyridine rings is 2. The van der Waals surface area contributed by atoms with E-state index in [1.165, 1.54) is 6.07 Å². The van der Waals surface area contributed by atoms with Crippen molar-refractivity contribution in [3.05, 3.63) is 94.0 Å². The second-order valence-corrected chi connectivity index (χ2v) is 6.05. The molecule has 0 unspecified atom stereocenters. The Morgan fingerprint density at radius 3 is 2.35 bits per heavy atom. The number of aromatic nitrogens is 2. The number of anilines is 2. The predicted molar refractivity (Wildman–Crippen MR) is 102 cm³/mol. The van der Waals surface area contributed by atoms with E-state index in [1.807, 2.05) is 60.7 Å². The Balaban J connectivity index is 2.05. The van der Waals surface area contributed by atoms with Crippen LogP contribution in [-0.4, -0.2) is 9.55 Å². The molecular formula is C20H13ClFN3O. The van der Waals surface area contributed by atoms with Gasteiger partial charge in [0.25, 0.3) is 0 Å². The second kappa shape index (κ2) is 6.61. The van der Waals surface area contributed by atoms with E-state index in [9.17, 15) is 9.18 Å². The van der Waals surface area contributed by atoms with Gasteiger partial charge in [0.1, 0.15) is 5.82 Å². The summed E-state index contributed by atoms with van der Waals surface area (Å²) in [5, 5.41) is 3.05. The van der Waals surface area contributed by atoms with Crippen molar-refractivity contribution in [2.24, 2.45) is 0 Å². The lowest BCUT2D eigenvalue weighted by atomic mass is 10.2. The molecule has 4 nitrogen and oxygen atoms in total. The Bertz CT molecular complexity index is 1140. The van der Waals surface area contributed by atoms with Crippen LogP contribution in [-0.2, 0) is 0 Å². The molecule has 0 fully saturated rings. The molecule has 4 rings (SSSR count). The van der Waals surface area contributed by atoms with E-state index < -0.39 is 11.2 Å². The van der Waals surface area contributed by atoms with E-state index in [4.69, 9.17) is 11.6 Å². The van der Waals surface area contributed by atoms with Gasteiger partial charge >= 0.3 is 0 Å². The molecule has 0 saturated heterocycles. The largest absolute Gasteiger partial charge is 0.341 e. The first-order chi connectivity index (χ1) is 12.6. The molecule has 6 heteroatoms. The quantitative estimate of drug-likeness (QED) is 0.560. The maximum atomic E-state index is 13.9. The summed E-state index contributed by atoms with van der Waals surface area (Å²) in [5.41, 5.74) is 1.46. The summed E-state index contributed by atoms with van der Waals surface area (Å²) < 4.78 is 15.6. The van der Waals surface area contributed by atoms with Gasteiger partial charge < -0.3 is 5.32 Å². The van der Waals surface area contributed by atoms with Gasteiger partial charge in [0.15, 0.2) is 16.9 Å². The number of hydrogen-bond donors (Lipinski definition) is 1. The Hall–Kier alpha value is -3.18. The number of fused-ring (bicyclic) bond motifs is 1. The fraction of sp³-hybridized carbons (Fsp3) is 0. The number of hydrogen-bond acceptors (Lipinski definition) is 3. The topological polar surface area (TPSA) is 46.9 Å². The van der Waals surface area contributed by atoms with Crippen LogP contribution in [0.4, 0.5) is 15.9 Å². The molecule has 0 amide bonds. The molecular weight excluding hydrogens is 353 g/mol. The molecule has 2 aromatic heterocycles. The van der Waals surface area contributed by atoms with Gasteiger partial charge in [-0.15, -0.1) is 0 Å². The zero-order chi connectivity index (χ0) is 18.1. The number of nitrogens with zero attached hydrogens (tertiary/aromatic N) is 2. The van der Waals surface area contributed by atoms with Crippen molar-refractivity contribution >= 4 is 34.1 Å². The van der Waals surface area contributed by atoms with Gasteiger partial charge in [-0.1, -0.05) is 48.0 Å². The van der Waals surface area contributed by atoms with Crippen LogP contribution in [0, 0.1) is 5.82 Å². The first-order valence-electron chi connectivity index (χ1n) is 7.92. The van der Waals surface area contributed by atoms with Crippen molar-refractivity contribution in [1.82, 2.24) is 9.55 Å². The molecule has 0 spiro atoms. The Kier molecular flexibility index (Phi) is 4.14. The molecule has 0 aliphatic heterocycles. The minimum atomic E-state index is -0.723. The molecule has 26 heavy (non-hydrogen) atoms. The lowest BCUT2D eigenvalue weighted by molar-refractivity contribution is 0.624. The van der Waals surface area contributed by atoms with Crippen LogP contribution in [0.3, 0.4) is 0 Å². The highest BCUT2D eigenvalue weighted by Crippen LogP contribution is 2.28. The van der Waals surface area contributed by atoms with Gasteiger partial charge in [-0.3, -0.25) is 9.36 Å². The van der Waals surface area contributed by atoms with E-state index >= 15 is 0 Å². The summed E-state index contributed by atoms with van der Waals surface area (Å²) in [6.45, 7) is 0. The van der Waals surface area contributed by atoms with Crippen molar-refractivity contribution in [3.8, 4) is 5.69 Å². The summed E-state index contributed by atoms with van der Waals surface area (Å²) >= 11 is 6.05. The number of halogens is 2. The first-order valence-corrected chi connectivity index (χ1v) is 8.30. The van der Waals surface area contributed by atoms with Crippen LogP contribution < -0.4 is 10.7 Å². The Morgan fingerprint density at radius 1 is 1.00 bits per heavy atom. The third-order valence-corrected chi connectivity index (χ3v) is 4.35. The smallest absolute Gasteiger partial charge is 0.194 e. The third-order valence-electron chi connectivity index (χ3n) is 3.98. The molecule has 1 N–H and O–H groups in total. The SMILES string of the molecule is O=c1cc(Nc2ccccc2)n(-c2ccccc2)c2ncc(F)c(Cl)c12. The Labute approximate surface area is 153 Å². The highest BCUT2D eigenvalue weighted by atomic mass is 35.5. The summed E-state index contributed by atoms with van der Waals surface area (Å²) in [4.78, 5) is 16.7. The average Bonchev–Trinajstić information content (AvgIpc) is 2.66. The zero-order valence-electron chi connectivity index (χ0n) is 13.5. The van der Waals surface area contributed by atoms with Crippen LogP contribution >= 0.6 is 11.6 Å². The molecule has 128 valence electrons. The number of nitrogens with one attached hydrogen (secondary N) is 1. The summed E-state index contributed by atoms with van der Waals surface area (Å²) in [7, 11) is 0. The summed E-state index contributed by atoms with van der Waals surface area (Å²) in [5.74, 6) is -0.213. The van der Waals surface area contributed by atoms with Crippen molar-refractivity contribution < 1.29 is 4.39 Å². The van der Waals surface area contributed by atoms with Gasteiger partial charge in [0.05, 0.1) is 16.6 Å². The number of rotatable bonds is 3. The van der Waals surface area contributed by atoms with E-state index in [1.54, 1.807) is 4.57 Å². The van der Waals surface area contributed by atoms with Crippen molar-refractivity contribution in [2.75, 3.05) is 5.32 Å². The first kappa shape index (κ1) is 16.3. The molecule has 0 saturated carbocycles. The Morgan fingerprint density at radius 2 is 1.65 bits per heavy atom. The lowest BCUT2D eigenvalue weighted by Gasteiger charge is -2.18. The molecule has 0 radical (unpaired) electrons.